The fourth-order valence-corrected chi connectivity index (χ4v) is 8.03. The van der Waals surface area contributed by atoms with Gasteiger partial charge < -0.3 is 25.0 Å². The summed E-state index contributed by atoms with van der Waals surface area (Å²) in [5, 5.41) is 12.8. The Bertz CT molecular complexity index is 1690. The molecule has 2 amide bonds. The molecule has 1 saturated heterocycles. The third-order valence-electron chi connectivity index (χ3n) is 7.85. The Morgan fingerprint density at radius 3 is 2.33 bits per heavy atom. The van der Waals surface area contributed by atoms with Crippen LogP contribution in [0.1, 0.15) is 42.5 Å². The zero-order chi connectivity index (χ0) is 33.4. The highest BCUT2D eigenvalue weighted by Crippen LogP contribution is 2.33. The van der Waals surface area contributed by atoms with Crippen LogP contribution in [0.2, 0.25) is 0 Å². The summed E-state index contributed by atoms with van der Waals surface area (Å²) in [6.45, 7) is 6.96. The first-order valence-electron chi connectivity index (χ1n) is 14.5. The smallest absolute Gasteiger partial charge is 0.465 e. The number of amides is 2. The van der Waals surface area contributed by atoms with E-state index in [2.05, 4.69) is 35.8 Å². The van der Waals surface area contributed by atoms with E-state index in [0.29, 0.717) is 18.1 Å². The van der Waals surface area contributed by atoms with Crippen LogP contribution in [-0.2, 0) is 39.7 Å². The molecule has 2 aliphatic rings. The van der Waals surface area contributed by atoms with Crippen molar-refractivity contribution in [2.75, 3.05) is 31.1 Å². The Labute approximate surface area is 268 Å². The molecule has 1 atom stereocenters. The maximum atomic E-state index is 13.8. The molecule has 0 saturated carbocycles. The molecule has 0 bridgehead atoms. The number of hydrogen-bond donors (Lipinski definition) is 2. The molecule has 0 radical (unpaired) electrons. The number of piperazine rings is 1. The number of sulfonamides is 1. The second-order valence-electron chi connectivity index (χ2n) is 12.1. The van der Waals surface area contributed by atoms with Gasteiger partial charge in [0.25, 0.3) is 0 Å². The van der Waals surface area contributed by atoms with Gasteiger partial charge in [-0.15, -0.1) is 13.2 Å². The number of nitrogens with zero attached hydrogens (tertiary/aromatic N) is 4. The van der Waals surface area contributed by atoms with Crippen molar-refractivity contribution in [1.82, 2.24) is 19.5 Å². The van der Waals surface area contributed by atoms with Crippen molar-refractivity contribution >= 4 is 38.5 Å². The molecule has 11 nitrogen and oxygen atoms in total. The minimum Gasteiger partial charge on any atom is -0.465 e. The molecule has 0 aliphatic carbocycles. The lowest BCUT2D eigenvalue weighted by Gasteiger charge is -2.39. The highest BCUT2D eigenvalue weighted by molar-refractivity contribution is 7.89. The summed E-state index contributed by atoms with van der Waals surface area (Å²) in [5.41, 5.74) is 2.65. The van der Waals surface area contributed by atoms with Crippen LogP contribution < -0.4 is 15.0 Å². The lowest BCUT2D eigenvalue weighted by molar-refractivity contribution is -0.274. The van der Waals surface area contributed by atoms with Crippen LogP contribution in [0.3, 0.4) is 0 Å². The number of hydrogen-bond acceptors (Lipinski definition) is 8. The van der Waals surface area contributed by atoms with E-state index in [0.717, 1.165) is 50.3 Å². The van der Waals surface area contributed by atoms with Crippen molar-refractivity contribution in [2.24, 2.45) is 0 Å². The fourth-order valence-electron chi connectivity index (χ4n) is 5.30. The average molecular weight is 682 g/mol. The van der Waals surface area contributed by atoms with E-state index in [9.17, 15) is 36.3 Å². The molecule has 248 valence electrons. The number of halogens is 3. The first-order valence-corrected chi connectivity index (χ1v) is 16.7. The number of carbonyl (C=O) groups is 2. The molecule has 1 aromatic heterocycles. The number of rotatable bonds is 7. The standard InChI is InChI=1S/C30H34F3N5O6S2/c1-29(2,3)20-6-4-19(5-7-20)16-34-26(39)24-17-36(27-35-23-12-13-37(28(40)41)18-25(23)45-27)14-15-38(24)46(42,43)22-10-8-21(9-11-22)44-30(31,32)33/h4-11,24H,12-18H2,1-3H3,(H,34,39)(H,40,41)/t24-/m1/s1. The molecule has 16 heteroatoms. The number of ether oxygens (including phenoxy) is 1. The van der Waals surface area contributed by atoms with E-state index in [1.807, 2.05) is 29.2 Å². The maximum absolute atomic E-state index is 13.8. The molecule has 2 N–H and O–H groups in total. The highest BCUT2D eigenvalue weighted by Gasteiger charge is 2.41. The Balaban J connectivity index is 1.38. The van der Waals surface area contributed by atoms with Crippen LogP contribution in [0.5, 0.6) is 5.75 Å². The normalized spacial score (nSPS) is 17.8. The summed E-state index contributed by atoms with van der Waals surface area (Å²) in [7, 11) is -4.33. The average Bonchev–Trinajstić information content (AvgIpc) is 3.42. The number of anilines is 1. The number of benzene rings is 2. The minimum atomic E-state index is -4.94. The fraction of sp³-hybridized carbons (Fsp3) is 0.433. The molecule has 3 aromatic rings. The van der Waals surface area contributed by atoms with E-state index < -0.39 is 40.2 Å². The number of alkyl halides is 3. The van der Waals surface area contributed by atoms with Crippen LogP contribution in [0.15, 0.2) is 53.4 Å². The molecule has 1 fully saturated rings. The molecule has 0 unspecified atom stereocenters. The van der Waals surface area contributed by atoms with Crippen molar-refractivity contribution in [2.45, 2.75) is 63.0 Å². The summed E-state index contributed by atoms with van der Waals surface area (Å²) in [6, 6.07) is 10.4. The lowest BCUT2D eigenvalue weighted by atomic mass is 9.87. The van der Waals surface area contributed by atoms with Crippen LogP contribution in [0.25, 0.3) is 0 Å². The SMILES string of the molecule is CC(C)(C)c1ccc(CNC(=O)[C@H]2CN(c3nc4c(s3)CN(C(=O)O)CC4)CCN2S(=O)(=O)c2ccc(OC(F)(F)F)cc2)cc1. The summed E-state index contributed by atoms with van der Waals surface area (Å²) in [6.07, 6.45) is -5.52. The van der Waals surface area contributed by atoms with Gasteiger partial charge in [0.05, 0.1) is 17.1 Å². The van der Waals surface area contributed by atoms with Crippen LogP contribution in [0.4, 0.5) is 23.1 Å². The third kappa shape index (κ3) is 7.56. The predicted octanol–water partition coefficient (Wildman–Crippen LogP) is 4.57. The van der Waals surface area contributed by atoms with Gasteiger partial charge >= 0.3 is 12.5 Å². The monoisotopic (exact) mass is 681 g/mol. The van der Waals surface area contributed by atoms with Crippen LogP contribution in [0, 0.1) is 0 Å². The molecular weight excluding hydrogens is 647 g/mol. The van der Waals surface area contributed by atoms with E-state index in [1.54, 1.807) is 0 Å². The summed E-state index contributed by atoms with van der Waals surface area (Å²) in [5.74, 6) is -1.12. The summed E-state index contributed by atoms with van der Waals surface area (Å²) >= 11 is 1.31. The topological polar surface area (TPSA) is 132 Å². The molecule has 2 aromatic carbocycles. The molecular formula is C30H34F3N5O6S2. The van der Waals surface area contributed by atoms with E-state index in [-0.39, 0.29) is 43.0 Å². The van der Waals surface area contributed by atoms with Gasteiger partial charge in [-0.3, -0.25) is 4.79 Å². The van der Waals surface area contributed by atoms with Gasteiger partial charge in [-0.1, -0.05) is 56.4 Å². The Kier molecular flexibility index (Phi) is 9.26. The zero-order valence-corrected chi connectivity index (χ0v) is 27.0. The van der Waals surface area contributed by atoms with Gasteiger partial charge in [0.15, 0.2) is 5.13 Å². The van der Waals surface area contributed by atoms with E-state index >= 15 is 0 Å². The number of thiazole rings is 1. The molecule has 3 heterocycles. The van der Waals surface area contributed by atoms with Gasteiger partial charge in [-0.25, -0.2) is 18.2 Å². The van der Waals surface area contributed by atoms with Gasteiger partial charge in [0.1, 0.15) is 11.8 Å². The lowest BCUT2D eigenvalue weighted by Crippen LogP contribution is -2.60. The number of fused-ring (bicyclic) bond motifs is 1. The van der Waals surface area contributed by atoms with Gasteiger partial charge in [-0.2, -0.15) is 4.31 Å². The van der Waals surface area contributed by atoms with Crippen molar-refractivity contribution < 1.29 is 41.0 Å². The summed E-state index contributed by atoms with van der Waals surface area (Å²) in [4.78, 5) is 33.5. The van der Waals surface area contributed by atoms with Gasteiger partial charge in [0.2, 0.25) is 15.9 Å². The largest absolute Gasteiger partial charge is 0.573 e. The van der Waals surface area contributed by atoms with E-state index in [4.69, 9.17) is 0 Å². The minimum absolute atomic E-state index is 0.0433. The number of carboxylic acid groups (broad SMARTS) is 1. The van der Waals surface area contributed by atoms with Crippen molar-refractivity contribution in [3.8, 4) is 5.75 Å². The van der Waals surface area contributed by atoms with Crippen LogP contribution >= 0.6 is 11.3 Å². The zero-order valence-electron chi connectivity index (χ0n) is 25.4. The van der Waals surface area contributed by atoms with Gasteiger partial charge in [0, 0.05) is 44.0 Å². The predicted molar refractivity (Wildman–Crippen MR) is 164 cm³/mol. The number of nitrogens with one attached hydrogen (secondary N) is 1. The highest BCUT2D eigenvalue weighted by atomic mass is 32.2. The number of aromatic nitrogens is 1. The molecule has 5 rings (SSSR count). The Morgan fingerprint density at radius 2 is 1.72 bits per heavy atom. The van der Waals surface area contributed by atoms with Gasteiger partial charge in [-0.05, 0) is 40.8 Å². The quantitative estimate of drug-likeness (QED) is 0.371. The third-order valence-corrected chi connectivity index (χ3v) is 10.9. The maximum Gasteiger partial charge on any atom is 0.573 e. The Morgan fingerprint density at radius 1 is 1.04 bits per heavy atom. The first kappa shape index (κ1) is 33.5. The second-order valence-corrected chi connectivity index (χ2v) is 15.0. The Hall–Kier alpha value is -3.89. The van der Waals surface area contributed by atoms with Crippen LogP contribution in [-0.4, -0.2) is 78.3 Å². The number of carbonyl (C=O) groups excluding carboxylic acids is 1. The van der Waals surface area contributed by atoms with E-state index in [1.165, 1.54) is 16.2 Å². The van der Waals surface area contributed by atoms with Crippen molar-refractivity contribution in [1.29, 1.82) is 0 Å². The van der Waals surface area contributed by atoms with Crippen molar-refractivity contribution in [3.63, 3.8) is 0 Å². The first-order chi connectivity index (χ1) is 21.5. The molecule has 2 aliphatic heterocycles. The van der Waals surface area contributed by atoms with Crippen molar-refractivity contribution in [3.05, 3.63) is 70.2 Å². The molecule has 46 heavy (non-hydrogen) atoms. The second kappa shape index (κ2) is 12.7. The molecule has 0 spiro atoms. The summed E-state index contributed by atoms with van der Waals surface area (Å²) < 4.78 is 70.5.